The summed E-state index contributed by atoms with van der Waals surface area (Å²) < 4.78 is 7.41. The summed E-state index contributed by atoms with van der Waals surface area (Å²) in [5.41, 5.74) is 3.80. The zero-order valence-electron chi connectivity index (χ0n) is 12.2. The number of esters is 1. The van der Waals surface area contributed by atoms with E-state index >= 15 is 0 Å². The Morgan fingerprint density at radius 1 is 1.10 bits per heavy atom. The molecular formula is C18H17NO2. The number of hydrogen-bond acceptors (Lipinski definition) is 2. The molecule has 3 aromatic rings. The number of hydrogen-bond donors (Lipinski definition) is 0. The monoisotopic (exact) mass is 279 g/mol. The van der Waals surface area contributed by atoms with Crippen LogP contribution in [0.4, 0.5) is 0 Å². The number of para-hydroxylation sites is 1. The number of ether oxygens (including phenoxy) is 1. The van der Waals surface area contributed by atoms with Crippen molar-refractivity contribution in [1.82, 2.24) is 4.57 Å². The molecule has 21 heavy (non-hydrogen) atoms. The van der Waals surface area contributed by atoms with E-state index in [1.165, 1.54) is 0 Å². The van der Waals surface area contributed by atoms with Crippen LogP contribution >= 0.6 is 0 Å². The highest BCUT2D eigenvalue weighted by Gasteiger charge is 2.15. The van der Waals surface area contributed by atoms with E-state index in [-0.39, 0.29) is 5.97 Å². The highest BCUT2D eigenvalue weighted by molar-refractivity contribution is 6.04. The summed E-state index contributed by atoms with van der Waals surface area (Å²) in [5, 5.41) is 0.926. The predicted molar refractivity (Wildman–Crippen MR) is 83.2 cm³/mol. The molecule has 0 radical (unpaired) electrons. The van der Waals surface area contributed by atoms with Gasteiger partial charge in [-0.1, -0.05) is 42.5 Å². The van der Waals surface area contributed by atoms with E-state index in [4.69, 9.17) is 4.74 Å². The van der Waals surface area contributed by atoms with Crippen molar-refractivity contribution in [1.29, 1.82) is 0 Å². The molecule has 0 aliphatic rings. The van der Waals surface area contributed by atoms with Crippen LogP contribution in [0.3, 0.4) is 0 Å². The van der Waals surface area contributed by atoms with Gasteiger partial charge in [0.05, 0.1) is 5.56 Å². The number of carbonyl (C=O) groups excluding carboxylic acids is 1. The summed E-state index contributed by atoms with van der Waals surface area (Å²) in [7, 11) is 1.93. The molecule has 2 aromatic carbocycles. The van der Waals surface area contributed by atoms with Gasteiger partial charge >= 0.3 is 5.97 Å². The van der Waals surface area contributed by atoms with Gasteiger partial charge in [0.15, 0.2) is 0 Å². The van der Waals surface area contributed by atoms with Gasteiger partial charge in [-0.2, -0.15) is 0 Å². The van der Waals surface area contributed by atoms with Crippen molar-refractivity contribution < 1.29 is 9.53 Å². The molecule has 106 valence electrons. The number of nitrogens with zero attached hydrogens (tertiary/aromatic N) is 1. The Morgan fingerprint density at radius 3 is 2.62 bits per heavy atom. The minimum Gasteiger partial charge on any atom is -0.457 e. The van der Waals surface area contributed by atoms with E-state index < -0.39 is 0 Å². The Kier molecular flexibility index (Phi) is 3.48. The van der Waals surface area contributed by atoms with Crippen molar-refractivity contribution in [2.75, 3.05) is 0 Å². The second-order valence-electron chi connectivity index (χ2n) is 5.17. The number of fused-ring (bicyclic) bond motifs is 1. The first kappa shape index (κ1) is 13.4. The molecule has 1 aromatic heterocycles. The Balaban J connectivity index is 1.83. The van der Waals surface area contributed by atoms with Crippen LogP contribution in [-0.4, -0.2) is 10.5 Å². The number of benzene rings is 2. The maximum Gasteiger partial charge on any atom is 0.340 e. The van der Waals surface area contributed by atoms with Gasteiger partial charge in [-0.05, 0) is 24.1 Å². The lowest BCUT2D eigenvalue weighted by molar-refractivity contribution is 0.0474. The summed E-state index contributed by atoms with van der Waals surface area (Å²) in [6, 6.07) is 15.8. The van der Waals surface area contributed by atoms with E-state index in [0.29, 0.717) is 12.2 Å². The van der Waals surface area contributed by atoms with Gasteiger partial charge in [-0.3, -0.25) is 0 Å². The summed E-state index contributed by atoms with van der Waals surface area (Å²) in [5.74, 6) is -0.282. The summed E-state index contributed by atoms with van der Waals surface area (Å²) >= 11 is 0. The Labute approximate surface area is 123 Å². The third-order valence-electron chi connectivity index (χ3n) is 3.74. The van der Waals surface area contributed by atoms with Crippen molar-refractivity contribution in [3.63, 3.8) is 0 Å². The van der Waals surface area contributed by atoms with Crippen molar-refractivity contribution >= 4 is 16.9 Å². The summed E-state index contributed by atoms with van der Waals surface area (Å²) in [6.45, 7) is 2.32. The van der Waals surface area contributed by atoms with Crippen LogP contribution in [0.2, 0.25) is 0 Å². The quantitative estimate of drug-likeness (QED) is 0.682. The minimum absolute atomic E-state index is 0.282. The molecule has 0 fully saturated rings. The number of carbonyl (C=O) groups is 1. The molecule has 0 bridgehead atoms. The fourth-order valence-electron chi connectivity index (χ4n) is 2.50. The SMILES string of the molecule is Cc1ccccc1COC(=O)c1cn(C)c2ccccc12. The lowest BCUT2D eigenvalue weighted by atomic mass is 10.1. The lowest BCUT2D eigenvalue weighted by Crippen LogP contribution is -2.05. The van der Waals surface area contributed by atoms with Gasteiger partial charge in [-0.25, -0.2) is 4.79 Å². The molecule has 0 amide bonds. The molecule has 0 saturated carbocycles. The fourth-order valence-corrected chi connectivity index (χ4v) is 2.50. The van der Waals surface area contributed by atoms with Gasteiger partial charge in [-0.15, -0.1) is 0 Å². The van der Waals surface area contributed by atoms with Crippen molar-refractivity contribution in [2.45, 2.75) is 13.5 Å². The topological polar surface area (TPSA) is 31.2 Å². The number of aryl methyl sites for hydroxylation is 2. The number of aromatic nitrogens is 1. The number of rotatable bonds is 3. The first-order chi connectivity index (χ1) is 10.2. The highest BCUT2D eigenvalue weighted by atomic mass is 16.5. The van der Waals surface area contributed by atoms with E-state index in [9.17, 15) is 4.79 Å². The smallest absolute Gasteiger partial charge is 0.340 e. The minimum atomic E-state index is -0.282. The average Bonchev–Trinajstić information content (AvgIpc) is 2.84. The molecule has 0 unspecified atom stereocenters. The van der Waals surface area contributed by atoms with Crippen LogP contribution in [0.25, 0.3) is 10.9 Å². The Hall–Kier alpha value is -2.55. The molecule has 0 atom stereocenters. The van der Waals surface area contributed by atoms with E-state index in [1.54, 1.807) is 0 Å². The van der Waals surface area contributed by atoms with Crippen LogP contribution in [0.1, 0.15) is 21.5 Å². The molecule has 3 heteroatoms. The first-order valence-corrected chi connectivity index (χ1v) is 6.92. The second-order valence-corrected chi connectivity index (χ2v) is 5.17. The molecule has 3 rings (SSSR count). The standard InChI is InChI=1S/C18H17NO2/c1-13-7-3-4-8-14(13)12-21-18(20)16-11-19(2)17-10-6-5-9-15(16)17/h3-11H,12H2,1-2H3. The largest absolute Gasteiger partial charge is 0.457 e. The Morgan fingerprint density at radius 2 is 1.81 bits per heavy atom. The molecule has 0 aliphatic heterocycles. The van der Waals surface area contributed by atoms with Crippen LogP contribution in [0.15, 0.2) is 54.7 Å². The zero-order chi connectivity index (χ0) is 14.8. The van der Waals surface area contributed by atoms with Gasteiger partial charge < -0.3 is 9.30 Å². The van der Waals surface area contributed by atoms with Crippen LogP contribution in [-0.2, 0) is 18.4 Å². The van der Waals surface area contributed by atoms with Gasteiger partial charge in [0.1, 0.15) is 6.61 Å². The van der Waals surface area contributed by atoms with Crippen LogP contribution < -0.4 is 0 Å². The van der Waals surface area contributed by atoms with Crippen molar-refractivity contribution in [2.24, 2.45) is 7.05 Å². The van der Waals surface area contributed by atoms with Crippen LogP contribution in [0, 0.1) is 6.92 Å². The van der Waals surface area contributed by atoms with Crippen molar-refractivity contribution in [3.8, 4) is 0 Å². The fraction of sp³-hybridized carbons (Fsp3) is 0.167. The van der Waals surface area contributed by atoms with E-state index in [2.05, 4.69) is 0 Å². The summed E-state index contributed by atoms with van der Waals surface area (Å²) in [6.07, 6.45) is 1.82. The maximum atomic E-state index is 12.3. The normalized spacial score (nSPS) is 10.8. The Bertz CT molecular complexity index is 802. The molecule has 3 nitrogen and oxygen atoms in total. The molecule has 1 heterocycles. The molecule has 0 N–H and O–H groups in total. The maximum absolute atomic E-state index is 12.3. The van der Waals surface area contributed by atoms with Gasteiger partial charge in [0.25, 0.3) is 0 Å². The third kappa shape index (κ3) is 2.55. The first-order valence-electron chi connectivity index (χ1n) is 6.92. The van der Waals surface area contributed by atoms with Crippen molar-refractivity contribution in [3.05, 3.63) is 71.4 Å². The molecule has 0 aliphatic carbocycles. The third-order valence-corrected chi connectivity index (χ3v) is 3.74. The molecular weight excluding hydrogens is 262 g/mol. The van der Waals surface area contributed by atoms with Crippen LogP contribution in [0.5, 0.6) is 0 Å². The molecule has 0 spiro atoms. The highest BCUT2D eigenvalue weighted by Crippen LogP contribution is 2.21. The van der Waals surface area contributed by atoms with Gasteiger partial charge in [0, 0.05) is 24.1 Å². The van der Waals surface area contributed by atoms with Gasteiger partial charge in [0.2, 0.25) is 0 Å². The van der Waals surface area contributed by atoms with E-state index in [0.717, 1.165) is 22.0 Å². The second kappa shape index (κ2) is 5.44. The summed E-state index contributed by atoms with van der Waals surface area (Å²) in [4.78, 5) is 12.3. The lowest BCUT2D eigenvalue weighted by Gasteiger charge is -2.06. The molecule has 0 saturated heterocycles. The average molecular weight is 279 g/mol. The zero-order valence-corrected chi connectivity index (χ0v) is 12.2. The van der Waals surface area contributed by atoms with E-state index in [1.807, 2.05) is 73.3 Å². The predicted octanol–water partition coefficient (Wildman–Crippen LogP) is 3.84.